The number of nitrogens with zero attached hydrogens (tertiary/aromatic N) is 1. The van der Waals surface area contributed by atoms with Crippen molar-refractivity contribution in [2.24, 2.45) is 0 Å². The Hall–Kier alpha value is -2.22. The maximum Gasteiger partial charge on any atom is 0.342 e. The van der Waals surface area contributed by atoms with E-state index >= 15 is 0 Å². The lowest BCUT2D eigenvalue weighted by Crippen LogP contribution is -2.35. The molecule has 8 heteroatoms. The summed E-state index contributed by atoms with van der Waals surface area (Å²) in [6.45, 7) is 2.80. The average molecular weight is 272 g/mol. The van der Waals surface area contributed by atoms with E-state index in [1.165, 1.54) is 0 Å². The predicted octanol–water partition coefficient (Wildman–Crippen LogP) is 1.61. The van der Waals surface area contributed by atoms with Gasteiger partial charge in [0.05, 0.1) is 28.8 Å². The third kappa shape index (κ3) is 3.38. The highest BCUT2D eigenvalue weighted by Crippen LogP contribution is 2.28. The van der Waals surface area contributed by atoms with Crippen LogP contribution in [0, 0.1) is 15.9 Å². The zero-order chi connectivity index (χ0) is 14.8. The van der Waals surface area contributed by atoms with Crippen LogP contribution in [-0.4, -0.2) is 33.3 Å². The summed E-state index contributed by atoms with van der Waals surface area (Å²) in [5, 5.41) is 31.2. The minimum Gasteiger partial charge on any atom is -0.477 e. The number of benzene rings is 1. The van der Waals surface area contributed by atoms with Crippen LogP contribution in [0.15, 0.2) is 12.1 Å². The molecule has 104 valence electrons. The van der Waals surface area contributed by atoms with E-state index in [0.717, 1.165) is 6.07 Å². The topological polar surface area (TPSA) is 113 Å². The van der Waals surface area contributed by atoms with Crippen molar-refractivity contribution in [3.63, 3.8) is 0 Å². The zero-order valence-corrected chi connectivity index (χ0v) is 10.3. The number of hydrogen-bond donors (Lipinski definition) is 3. The molecule has 1 aromatic carbocycles. The van der Waals surface area contributed by atoms with Gasteiger partial charge < -0.3 is 15.5 Å². The molecular weight excluding hydrogens is 259 g/mol. The van der Waals surface area contributed by atoms with Gasteiger partial charge in [0.2, 0.25) is 0 Å². The van der Waals surface area contributed by atoms with Crippen LogP contribution >= 0.6 is 0 Å². The summed E-state index contributed by atoms with van der Waals surface area (Å²) in [5.74, 6) is -2.49. The first-order chi connectivity index (χ1) is 8.68. The van der Waals surface area contributed by atoms with Gasteiger partial charge >= 0.3 is 5.97 Å². The standard InChI is InChI=1S/C11H13FN2O5/c1-11(2,5-15)13-8-3-6(10(16)17)9(14(18)19)4-7(8)12/h3-4,13,15H,5H2,1-2H3,(H,16,17). The van der Waals surface area contributed by atoms with Crippen LogP contribution in [0.5, 0.6) is 0 Å². The number of hydrogen-bond acceptors (Lipinski definition) is 5. The third-order valence-electron chi connectivity index (χ3n) is 2.38. The maximum atomic E-state index is 13.7. The highest BCUT2D eigenvalue weighted by atomic mass is 19.1. The first-order valence-corrected chi connectivity index (χ1v) is 5.28. The molecule has 0 aliphatic carbocycles. The molecule has 1 aromatic rings. The van der Waals surface area contributed by atoms with Gasteiger partial charge in [-0.25, -0.2) is 9.18 Å². The highest BCUT2D eigenvalue weighted by molar-refractivity contribution is 5.93. The first-order valence-electron chi connectivity index (χ1n) is 5.28. The molecule has 0 aliphatic rings. The Morgan fingerprint density at radius 3 is 2.53 bits per heavy atom. The molecule has 0 saturated carbocycles. The van der Waals surface area contributed by atoms with Crippen molar-refractivity contribution in [3.8, 4) is 0 Å². The third-order valence-corrected chi connectivity index (χ3v) is 2.38. The Bertz CT molecular complexity index is 530. The molecule has 3 N–H and O–H groups in total. The number of rotatable bonds is 5. The Kier molecular flexibility index (Phi) is 4.05. The van der Waals surface area contributed by atoms with Crippen LogP contribution in [-0.2, 0) is 0 Å². The van der Waals surface area contributed by atoms with Crippen molar-refractivity contribution in [3.05, 3.63) is 33.6 Å². The monoisotopic (exact) mass is 272 g/mol. The summed E-state index contributed by atoms with van der Waals surface area (Å²) >= 11 is 0. The Balaban J connectivity index is 3.33. The van der Waals surface area contributed by atoms with Gasteiger partial charge in [0, 0.05) is 0 Å². The molecule has 0 aromatic heterocycles. The molecule has 19 heavy (non-hydrogen) atoms. The van der Waals surface area contributed by atoms with Crippen molar-refractivity contribution in [1.82, 2.24) is 0 Å². The van der Waals surface area contributed by atoms with Crippen LogP contribution in [0.3, 0.4) is 0 Å². The van der Waals surface area contributed by atoms with E-state index in [1.807, 2.05) is 0 Å². The second-order valence-electron chi connectivity index (χ2n) is 4.58. The summed E-state index contributed by atoms with van der Waals surface area (Å²) in [4.78, 5) is 20.6. The van der Waals surface area contributed by atoms with Crippen molar-refractivity contribution < 1.29 is 24.3 Å². The number of nitrogens with one attached hydrogen (secondary N) is 1. The molecule has 1 rings (SSSR count). The van der Waals surface area contributed by atoms with Crippen molar-refractivity contribution in [2.75, 3.05) is 11.9 Å². The van der Waals surface area contributed by atoms with Gasteiger partial charge in [0.15, 0.2) is 5.82 Å². The Morgan fingerprint density at radius 2 is 2.11 bits per heavy atom. The lowest BCUT2D eigenvalue weighted by molar-refractivity contribution is -0.385. The molecule has 0 fully saturated rings. The molecule has 7 nitrogen and oxygen atoms in total. The number of carbonyl (C=O) groups is 1. The maximum absolute atomic E-state index is 13.7. The molecule has 0 saturated heterocycles. The summed E-state index contributed by atoms with van der Waals surface area (Å²) in [7, 11) is 0. The van der Waals surface area contributed by atoms with Gasteiger partial charge in [-0.1, -0.05) is 0 Å². The van der Waals surface area contributed by atoms with Crippen LogP contribution in [0.4, 0.5) is 15.8 Å². The minimum atomic E-state index is -1.53. The summed E-state index contributed by atoms with van der Waals surface area (Å²) in [5.41, 5.74) is -2.56. The first kappa shape index (κ1) is 14.8. The van der Waals surface area contributed by atoms with E-state index in [2.05, 4.69) is 5.32 Å². The van der Waals surface area contributed by atoms with E-state index in [4.69, 9.17) is 10.2 Å². The number of aromatic carboxylic acids is 1. The smallest absolute Gasteiger partial charge is 0.342 e. The molecule has 0 unspecified atom stereocenters. The lowest BCUT2D eigenvalue weighted by Gasteiger charge is -2.25. The van der Waals surface area contributed by atoms with Crippen LogP contribution in [0.25, 0.3) is 0 Å². The van der Waals surface area contributed by atoms with Gasteiger partial charge in [-0.15, -0.1) is 0 Å². The number of aliphatic hydroxyl groups excluding tert-OH is 1. The van der Waals surface area contributed by atoms with Crippen molar-refractivity contribution in [1.29, 1.82) is 0 Å². The molecule has 0 heterocycles. The normalized spacial score (nSPS) is 11.2. The van der Waals surface area contributed by atoms with E-state index in [9.17, 15) is 19.3 Å². The number of anilines is 1. The average Bonchev–Trinajstić information content (AvgIpc) is 2.30. The van der Waals surface area contributed by atoms with Crippen molar-refractivity contribution >= 4 is 17.3 Å². The van der Waals surface area contributed by atoms with E-state index in [-0.39, 0.29) is 12.3 Å². The van der Waals surface area contributed by atoms with E-state index in [1.54, 1.807) is 13.8 Å². The summed E-state index contributed by atoms with van der Waals surface area (Å²) in [6, 6.07) is 1.38. The number of nitro groups is 1. The van der Waals surface area contributed by atoms with Gasteiger partial charge in [-0.3, -0.25) is 10.1 Å². The molecule has 0 atom stereocenters. The lowest BCUT2D eigenvalue weighted by atomic mass is 10.1. The van der Waals surface area contributed by atoms with Crippen LogP contribution in [0.2, 0.25) is 0 Å². The highest BCUT2D eigenvalue weighted by Gasteiger charge is 2.25. The van der Waals surface area contributed by atoms with Crippen LogP contribution in [0.1, 0.15) is 24.2 Å². The Morgan fingerprint density at radius 1 is 1.53 bits per heavy atom. The molecular formula is C11H13FN2O5. The number of nitro benzene ring substituents is 1. The van der Waals surface area contributed by atoms with Gasteiger partial charge in [-0.05, 0) is 19.9 Å². The van der Waals surface area contributed by atoms with Gasteiger partial charge in [-0.2, -0.15) is 0 Å². The van der Waals surface area contributed by atoms with E-state index in [0.29, 0.717) is 6.07 Å². The summed E-state index contributed by atoms with van der Waals surface area (Å²) < 4.78 is 13.7. The number of carboxylic acid groups (broad SMARTS) is 1. The molecule has 0 bridgehead atoms. The zero-order valence-electron chi connectivity index (χ0n) is 10.3. The van der Waals surface area contributed by atoms with E-state index < -0.39 is 33.5 Å². The second-order valence-corrected chi connectivity index (χ2v) is 4.58. The SMILES string of the molecule is CC(C)(CO)Nc1cc(C(=O)O)c([N+](=O)[O-])cc1F. The number of aliphatic hydroxyl groups is 1. The fourth-order valence-electron chi connectivity index (χ4n) is 1.38. The molecule has 0 radical (unpaired) electrons. The quantitative estimate of drug-likeness (QED) is 0.554. The van der Waals surface area contributed by atoms with Gasteiger partial charge in [0.1, 0.15) is 5.56 Å². The largest absolute Gasteiger partial charge is 0.477 e. The van der Waals surface area contributed by atoms with Gasteiger partial charge in [0.25, 0.3) is 5.69 Å². The second kappa shape index (κ2) is 5.19. The molecule has 0 amide bonds. The number of carboxylic acids is 1. The van der Waals surface area contributed by atoms with Crippen molar-refractivity contribution in [2.45, 2.75) is 19.4 Å². The minimum absolute atomic E-state index is 0.220. The Labute approximate surface area is 107 Å². The predicted molar refractivity (Wildman–Crippen MR) is 64.8 cm³/mol. The summed E-state index contributed by atoms with van der Waals surface area (Å²) in [6.07, 6.45) is 0. The molecule has 0 aliphatic heterocycles. The van der Waals surface area contributed by atoms with Crippen LogP contribution < -0.4 is 5.32 Å². The fourth-order valence-corrected chi connectivity index (χ4v) is 1.38. The fraction of sp³-hybridized carbons (Fsp3) is 0.364. The molecule has 0 spiro atoms. The number of halogens is 1.